The summed E-state index contributed by atoms with van der Waals surface area (Å²) in [4.78, 5) is 12.6. The monoisotopic (exact) mass is 662 g/mol. The Bertz CT molecular complexity index is 954. The van der Waals surface area contributed by atoms with Crippen LogP contribution >= 0.6 is 0 Å². The topological polar surface area (TPSA) is 96.2 Å². The first-order valence-corrected chi connectivity index (χ1v) is 16.8. The van der Waals surface area contributed by atoms with E-state index in [2.05, 4.69) is 40.7 Å². The summed E-state index contributed by atoms with van der Waals surface area (Å²) >= 11 is 0. The predicted octanol–water partition coefficient (Wildman–Crippen LogP) is 6.85. The standard InChI is InChI=1S/C35H57O6.Y/c1-21(2)7-6-8-22(3)28-11-12-29-27-10-9-24-18-26(13-15-34(24,4)30(27)14-16-35(28,29)5)41-33(39)40-20-23-17-25(36)19-31(37)32(23)38;/h9,19,21-23,25-32,36-38H,6-8,10-18,20H2,1-5H3;/q-1;/t22-,23?,25?,26+,27+,28-,29+,30+,31?,32?,34+,35-;/m0./s1. The van der Waals surface area contributed by atoms with Crippen molar-refractivity contribution in [3.8, 4) is 0 Å². The maximum Gasteiger partial charge on any atom is 0.508 e. The van der Waals surface area contributed by atoms with Crippen molar-refractivity contribution in [1.29, 1.82) is 0 Å². The molecule has 237 valence electrons. The van der Waals surface area contributed by atoms with E-state index < -0.39 is 30.4 Å². The van der Waals surface area contributed by atoms with Gasteiger partial charge in [0.05, 0.1) is 6.10 Å². The number of fused-ring (bicyclic) bond motifs is 5. The zero-order chi connectivity index (χ0) is 29.5. The third kappa shape index (κ3) is 7.03. The van der Waals surface area contributed by atoms with Crippen LogP contribution in [0.25, 0.3) is 0 Å². The summed E-state index contributed by atoms with van der Waals surface area (Å²) in [7, 11) is 0. The minimum absolute atomic E-state index is 0. The Morgan fingerprint density at radius 3 is 2.55 bits per heavy atom. The van der Waals surface area contributed by atoms with Gasteiger partial charge in [-0.3, -0.25) is 6.42 Å². The Balaban J connectivity index is 0.00000405. The van der Waals surface area contributed by atoms with Crippen molar-refractivity contribution in [3.05, 3.63) is 18.1 Å². The third-order valence-electron chi connectivity index (χ3n) is 12.7. The van der Waals surface area contributed by atoms with Crippen LogP contribution in [0.15, 0.2) is 11.6 Å². The average molecular weight is 663 g/mol. The molecule has 0 bridgehead atoms. The quantitative estimate of drug-likeness (QED) is 0.150. The van der Waals surface area contributed by atoms with Crippen LogP contribution in [0.2, 0.25) is 0 Å². The van der Waals surface area contributed by atoms with Crippen molar-refractivity contribution in [1.82, 2.24) is 0 Å². The molecule has 4 unspecified atom stereocenters. The molecular weight excluding hydrogens is 605 g/mol. The van der Waals surface area contributed by atoms with Crippen LogP contribution in [0.1, 0.15) is 112 Å². The minimum Gasteiger partial charge on any atom is -0.434 e. The molecule has 5 aliphatic carbocycles. The molecule has 0 saturated heterocycles. The van der Waals surface area contributed by atoms with Gasteiger partial charge in [-0.15, -0.1) is 0 Å². The number of hydrogen-bond acceptors (Lipinski definition) is 6. The molecule has 7 heteroatoms. The molecule has 5 rings (SSSR count). The van der Waals surface area contributed by atoms with Crippen molar-refractivity contribution in [3.63, 3.8) is 0 Å². The number of aliphatic hydroxyl groups excluding tert-OH is 3. The summed E-state index contributed by atoms with van der Waals surface area (Å²) in [5.41, 5.74) is 2.16. The molecule has 1 radical (unpaired) electrons. The molecule has 0 amide bonds. The van der Waals surface area contributed by atoms with E-state index in [0.29, 0.717) is 5.41 Å². The largest absolute Gasteiger partial charge is 0.508 e. The van der Waals surface area contributed by atoms with Crippen molar-refractivity contribution in [2.24, 2.45) is 52.3 Å². The molecule has 0 aromatic rings. The van der Waals surface area contributed by atoms with Gasteiger partial charge in [-0.1, -0.05) is 71.6 Å². The van der Waals surface area contributed by atoms with Crippen molar-refractivity contribution < 1.29 is 62.3 Å². The summed E-state index contributed by atoms with van der Waals surface area (Å²) in [6, 6.07) is 0. The van der Waals surface area contributed by atoms with Gasteiger partial charge in [0.2, 0.25) is 0 Å². The van der Waals surface area contributed by atoms with Gasteiger partial charge >= 0.3 is 6.16 Å². The molecule has 4 fully saturated rings. The van der Waals surface area contributed by atoms with E-state index in [9.17, 15) is 20.1 Å². The van der Waals surface area contributed by atoms with Gasteiger partial charge in [-0.05, 0) is 104 Å². The molecule has 0 aromatic carbocycles. The number of rotatable bonds is 8. The molecule has 4 saturated carbocycles. The maximum absolute atomic E-state index is 12.6. The van der Waals surface area contributed by atoms with Crippen LogP contribution in [-0.4, -0.2) is 52.5 Å². The molecule has 3 N–H and O–H groups in total. The molecule has 12 atom stereocenters. The van der Waals surface area contributed by atoms with Gasteiger partial charge in [-0.25, -0.2) is 4.79 Å². The number of ether oxygens (including phenoxy) is 2. The zero-order valence-corrected chi connectivity index (χ0v) is 29.7. The van der Waals surface area contributed by atoms with Gasteiger partial charge in [0.15, 0.2) is 0 Å². The predicted molar refractivity (Wildman–Crippen MR) is 160 cm³/mol. The Hall–Kier alpha value is -0.00610. The number of hydrogen-bond donors (Lipinski definition) is 3. The first kappa shape index (κ1) is 34.9. The first-order chi connectivity index (χ1) is 19.4. The summed E-state index contributed by atoms with van der Waals surface area (Å²) in [6.45, 7) is 12.3. The van der Waals surface area contributed by atoms with E-state index in [0.717, 1.165) is 54.8 Å². The van der Waals surface area contributed by atoms with Crippen LogP contribution in [0.3, 0.4) is 0 Å². The Kier molecular flexibility index (Phi) is 11.8. The second-order valence-electron chi connectivity index (χ2n) is 15.6. The second-order valence-corrected chi connectivity index (χ2v) is 15.6. The number of allylic oxidation sites excluding steroid dienone is 1. The van der Waals surface area contributed by atoms with Gasteiger partial charge < -0.3 is 24.8 Å². The van der Waals surface area contributed by atoms with Crippen molar-refractivity contribution in [2.45, 2.75) is 136 Å². The molecule has 5 aliphatic rings. The summed E-state index contributed by atoms with van der Waals surface area (Å²) in [6.07, 6.45) is 13.6. The van der Waals surface area contributed by atoms with Crippen LogP contribution in [0, 0.1) is 58.7 Å². The van der Waals surface area contributed by atoms with E-state index in [4.69, 9.17) is 9.47 Å². The number of carbonyl (C=O) groups excluding carboxylic acids is 1. The van der Waals surface area contributed by atoms with Gasteiger partial charge in [0.1, 0.15) is 12.7 Å². The maximum atomic E-state index is 12.6. The van der Waals surface area contributed by atoms with Gasteiger partial charge in [0.25, 0.3) is 0 Å². The van der Waals surface area contributed by atoms with E-state index in [1.807, 2.05) is 0 Å². The second kappa shape index (κ2) is 14.2. The zero-order valence-electron chi connectivity index (χ0n) is 26.8. The van der Waals surface area contributed by atoms with E-state index >= 15 is 0 Å². The number of aliphatic hydroxyl groups is 3. The average Bonchev–Trinajstić information content (AvgIpc) is 3.27. The first-order valence-electron chi connectivity index (χ1n) is 16.8. The fraction of sp³-hybridized carbons (Fsp3) is 0.886. The molecule has 0 spiro atoms. The molecule has 42 heavy (non-hydrogen) atoms. The smallest absolute Gasteiger partial charge is 0.434 e. The normalized spacial score (nSPS) is 43.7. The Labute approximate surface area is 280 Å². The van der Waals surface area contributed by atoms with E-state index in [1.165, 1.54) is 63.4 Å². The van der Waals surface area contributed by atoms with Crippen LogP contribution in [0.5, 0.6) is 0 Å². The molecule has 0 heterocycles. The fourth-order valence-electron chi connectivity index (χ4n) is 10.4. The van der Waals surface area contributed by atoms with Crippen molar-refractivity contribution in [2.75, 3.05) is 6.61 Å². The molecule has 0 aromatic heterocycles. The van der Waals surface area contributed by atoms with Gasteiger partial charge in [0, 0.05) is 45.0 Å². The fourth-order valence-corrected chi connectivity index (χ4v) is 10.4. The van der Waals surface area contributed by atoms with Crippen molar-refractivity contribution >= 4 is 6.16 Å². The Morgan fingerprint density at radius 1 is 1.05 bits per heavy atom. The Morgan fingerprint density at radius 2 is 1.81 bits per heavy atom. The summed E-state index contributed by atoms with van der Waals surface area (Å²) < 4.78 is 11.1. The summed E-state index contributed by atoms with van der Waals surface area (Å²) in [5.74, 6) is 4.33. The van der Waals surface area contributed by atoms with Gasteiger partial charge in [-0.2, -0.15) is 0 Å². The van der Waals surface area contributed by atoms with E-state index in [1.54, 1.807) is 0 Å². The molecule has 0 aliphatic heterocycles. The SMILES string of the molecule is CC(C)CCC[C@H](C)[C@@H]1CC[C@@H]2[C@H]3CC=C4C[C@H](OC(=O)OCC5CC(O)[CH-]C(O)C5O)CC[C@@]4(C)[C@@H]3CC[C@]21C.[Y]. The third-order valence-corrected chi connectivity index (χ3v) is 12.7. The van der Waals surface area contributed by atoms with E-state index in [-0.39, 0.29) is 57.3 Å². The molecule has 6 nitrogen and oxygen atoms in total. The number of carbonyl (C=O) groups is 1. The van der Waals surface area contributed by atoms with Crippen LogP contribution in [0.4, 0.5) is 4.79 Å². The van der Waals surface area contributed by atoms with Crippen LogP contribution < -0.4 is 0 Å². The molecular formula is C35H57O6Y-. The van der Waals surface area contributed by atoms with Crippen LogP contribution in [-0.2, 0) is 42.2 Å². The summed E-state index contributed by atoms with van der Waals surface area (Å²) in [5, 5.41) is 29.9. The minimum atomic E-state index is -1.12.